The smallest absolute Gasteiger partial charge is 0.342 e. The van der Waals surface area contributed by atoms with Gasteiger partial charge in [0.05, 0.1) is 10.5 Å². The van der Waals surface area contributed by atoms with Crippen LogP contribution in [0.25, 0.3) is 0 Å². The number of hydrogen-bond acceptors (Lipinski definition) is 5. The van der Waals surface area contributed by atoms with Gasteiger partial charge in [0, 0.05) is 0 Å². The third kappa shape index (κ3) is 1.33. The topological polar surface area (TPSA) is 82.3 Å². The summed E-state index contributed by atoms with van der Waals surface area (Å²) in [5.74, 6) is -0.661. The van der Waals surface area contributed by atoms with Gasteiger partial charge in [-0.25, -0.2) is 9.78 Å². The molecule has 0 radical (unpaired) electrons. The quantitative estimate of drug-likeness (QED) is 0.316. The number of hydrogen-bond donors (Lipinski definition) is 0. The lowest BCUT2D eigenvalue weighted by Gasteiger charge is -2.01. The summed E-state index contributed by atoms with van der Waals surface area (Å²) in [6.07, 6.45) is 0. The number of carbonyl (C=O) groups is 1. The molecular weight excluding hydrogens is 224 g/mol. The van der Waals surface area contributed by atoms with Crippen LogP contribution in [0.3, 0.4) is 0 Å². The molecule has 7 heteroatoms. The summed E-state index contributed by atoms with van der Waals surface area (Å²) in [4.78, 5) is 25.1. The van der Waals surface area contributed by atoms with Crippen LogP contribution in [0.1, 0.15) is 21.6 Å². The summed E-state index contributed by atoms with van der Waals surface area (Å²) in [7, 11) is 0. The van der Waals surface area contributed by atoms with E-state index in [1.165, 1.54) is 6.92 Å². The van der Waals surface area contributed by atoms with Crippen LogP contribution in [0, 0.1) is 17.0 Å². The molecule has 0 atom stereocenters. The van der Waals surface area contributed by atoms with Gasteiger partial charge in [0.25, 0.3) is 5.69 Å². The van der Waals surface area contributed by atoms with Crippen LogP contribution in [0.4, 0.5) is 5.69 Å². The molecule has 1 aliphatic heterocycles. The van der Waals surface area contributed by atoms with Crippen molar-refractivity contribution >= 4 is 23.3 Å². The van der Waals surface area contributed by atoms with Crippen LogP contribution in [-0.4, -0.2) is 15.9 Å². The number of cyclic esters (lactones) is 1. The highest BCUT2D eigenvalue weighted by Crippen LogP contribution is 2.34. The zero-order valence-electron chi connectivity index (χ0n) is 7.61. The molecule has 2 rings (SSSR count). The molecule has 1 aromatic rings. The van der Waals surface area contributed by atoms with Gasteiger partial charge < -0.3 is 4.74 Å². The maximum absolute atomic E-state index is 11.2. The van der Waals surface area contributed by atoms with Crippen molar-refractivity contribution in [3.63, 3.8) is 0 Å². The molecule has 15 heavy (non-hydrogen) atoms. The predicted octanol–water partition coefficient (Wildman–Crippen LogP) is 1.62. The first-order chi connectivity index (χ1) is 7.02. The monoisotopic (exact) mass is 228 g/mol. The Morgan fingerprint density at radius 1 is 1.60 bits per heavy atom. The molecule has 0 amide bonds. The van der Waals surface area contributed by atoms with Crippen molar-refractivity contribution in [3.05, 3.63) is 32.1 Å². The minimum absolute atomic E-state index is 0.00830. The van der Waals surface area contributed by atoms with Gasteiger partial charge in [-0.3, -0.25) is 10.1 Å². The first-order valence-electron chi connectivity index (χ1n) is 4.03. The third-order valence-electron chi connectivity index (χ3n) is 2.14. The number of aromatic nitrogens is 1. The summed E-state index contributed by atoms with van der Waals surface area (Å²) < 4.78 is 4.68. The van der Waals surface area contributed by atoms with Crippen molar-refractivity contribution in [1.82, 2.24) is 4.98 Å². The Balaban J connectivity index is 2.79. The van der Waals surface area contributed by atoms with Gasteiger partial charge in [0.15, 0.2) is 0 Å². The second-order valence-electron chi connectivity index (χ2n) is 3.02. The van der Waals surface area contributed by atoms with Crippen LogP contribution >= 0.6 is 11.6 Å². The van der Waals surface area contributed by atoms with E-state index in [-0.39, 0.29) is 34.3 Å². The standard InChI is InChI=1S/C8H5ClN2O4/c1-3-6(11(13)14)4-2-15-8(12)5(4)7(9)10-3/h2H2,1H3. The van der Waals surface area contributed by atoms with Crippen LogP contribution in [0.5, 0.6) is 0 Å². The number of halogens is 1. The van der Waals surface area contributed by atoms with Crippen LogP contribution < -0.4 is 0 Å². The van der Waals surface area contributed by atoms with Crippen molar-refractivity contribution in [2.45, 2.75) is 13.5 Å². The van der Waals surface area contributed by atoms with Crippen LogP contribution in [0.2, 0.25) is 5.15 Å². The Morgan fingerprint density at radius 2 is 2.27 bits per heavy atom. The van der Waals surface area contributed by atoms with E-state index in [9.17, 15) is 14.9 Å². The summed E-state index contributed by atoms with van der Waals surface area (Å²) in [5.41, 5.74) is 0.207. The molecule has 0 saturated heterocycles. The molecule has 0 saturated carbocycles. The second-order valence-corrected chi connectivity index (χ2v) is 3.38. The Bertz CT molecular complexity index is 486. The SMILES string of the molecule is Cc1nc(Cl)c2c(c1[N+](=O)[O-])COC2=O. The van der Waals surface area contributed by atoms with Gasteiger partial charge in [0.1, 0.15) is 23.0 Å². The van der Waals surface area contributed by atoms with E-state index >= 15 is 0 Å². The Kier molecular flexibility index (Phi) is 2.08. The maximum atomic E-state index is 11.2. The van der Waals surface area contributed by atoms with Gasteiger partial charge in [-0.1, -0.05) is 11.6 Å². The number of aryl methyl sites for hydroxylation is 1. The lowest BCUT2D eigenvalue weighted by atomic mass is 10.1. The minimum Gasteiger partial charge on any atom is -0.457 e. The molecule has 6 nitrogen and oxygen atoms in total. The van der Waals surface area contributed by atoms with E-state index in [0.717, 1.165) is 0 Å². The Labute approximate surface area is 89.0 Å². The molecule has 0 fully saturated rings. The molecule has 0 aliphatic carbocycles. The highest BCUT2D eigenvalue weighted by Gasteiger charge is 2.34. The molecule has 1 aromatic heterocycles. The van der Waals surface area contributed by atoms with Gasteiger partial charge in [-0.2, -0.15) is 0 Å². The third-order valence-corrected chi connectivity index (χ3v) is 2.41. The number of ether oxygens (including phenoxy) is 1. The zero-order valence-corrected chi connectivity index (χ0v) is 8.37. The molecular formula is C8H5ClN2O4. The average molecular weight is 229 g/mol. The molecule has 78 valence electrons. The highest BCUT2D eigenvalue weighted by molar-refractivity contribution is 6.33. The second kappa shape index (κ2) is 3.16. The van der Waals surface area contributed by atoms with Gasteiger partial charge >= 0.3 is 5.97 Å². The van der Waals surface area contributed by atoms with E-state index in [1.54, 1.807) is 0 Å². The van der Waals surface area contributed by atoms with Gasteiger partial charge in [-0.15, -0.1) is 0 Å². The normalized spacial score (nSPS) is 13.6. The maximum Gasteiger partial charge on any atom is 0.342 e. The van der Waals surface area contributed by atoms with E-state index in [1.807, 2.05) is 0 Å². The van der Waals surface area contributed by atoms with Crippen molar-refractivity contribution in [1.29, 1.82) is 0 Å². The van der Waals surface area contributed by atoms with E-state index in [0.29, 0.717) is 0 Å². The first kappa shape index (κ1) is 9.85. The zero-order chi connectivity index (χ0) is 11.2. The predicted molar refractivity (Wildman–Crippen MR) is 49.8 cm³/mol. The number of rotatable bonds is 1. The molecule has 0 spiro atoms. The van der Waals surface area contributed by atoms with Crippen LogP contribution in [0.15, 0.2) is 0 Å². The number of carbonyl (C=O) groups excluding carboxylic acids is 1. The Hall–Kier alpha value is -1.69. The van der Waals surface area contributed by atoms with E-state index in [4.69, 9.17) is 11.6 Å². The molecule has 1 aliphatic rings. The molecule has 0 N–H and O–H groups in total. The minimum atomic E-state index is -0.661. The number of nitro groups is 1. The summed E-state index contributed by atoms with van der Waals surface area (Å²) in [5, 5.41) is 10.7. The van der Waals surface area contributed by atoms with Crippen molar-refractivity contribution < 1.29 is 14.5 Å². The highest BCUT2D eigenvalue weighted by atomic mass is 35.5. The summed E-state index contributed by atoms with van der Waals surface area (Å²) in [6.45, 7) is 1.35. The van der Waals surface area contributed by atoms with Crippen molar-refractivity contribution in [3.8, 4) is 0 Å². The summed E-state index contributed by atoms with van der Waals surface area (Å²) in [6, 6.07) is 0. The first-order valence-corrected chi connectivity index (χ1v) is 4.40. The Morgan fingerprint density at radius 3 is 2.87 bits per heavy atom. The number of pyridine rings is 1. The lowest BCUT2D eigenvalue weighted by molar-refractivity contribution is -0.386. The fourth-order valence-corrected chi connectivity index (χ4v) is 1.84. The molecule has 0 aromatic carbocycles. The van der Waals surface area contributed by atoms with E-state index < -0.39 is 10.9 Å². The molecule has 0 bridgehead atoms. The van der Waals surface area contributed by atoms with Crippen molar-refractivity contribution in [2.75, 3.05) is 0 Å². The fourth-order valence-electron chi connectivity index (χ4n) is 1.52. The molecule has 0 unspecified atom stereocenters. The largest absolute Gasteiger partial charge is 0.457 e. The average Bonchev–Trinajstić information content (AvgIpc) is 2.47. The van der Waals surface area contributed by atoms with E-state index in [2.05, 4.69) is 9.72 Å². The molecule has 2 heterocycles. The number of fused-ring (bicyclic) bond motifs is 1. The van der Waals surface area contributed by atoms with Crippen LogP contribution in [-0.2, 0) is 11.3 Å². The number of nitrogens with zero attached hydrogens (tertiary/aromatic N) is 2. The van der Waals surface area contributed by atoms with Gasteiger partial charge in [-0.05, 0) is 6.92 Å². The summed E-state index contributed by atoms with van der Waals surface area (Å²) >= 11 is 5.71. The van der Waals surface area contributed by atoms with Gasteiger partial charge in [0.2, 0.25) is 0 Å². The number of esters is 1. The van der Waals surface area contributed by atoms with Crippen molar-refractivity contribution in [2.24, 2.45) is 0 Å². The lowest BCUT2D eigenvalue weighted by Crippen LogP contribution is -2.03. The fraction of sp³-hybridized carbons (Fsp3) is 0.250.